The Balaban J connectivity index is 1.55. The van der Waals surface area contributed by atoms with Gasteiger partial charge in [-0.25, -0.2) is 4.98 Å². The molecule has 39 heavy (non-hydrogen) atoms. The van der Waals surface area contributed by atoms with Crippen LogP contribution in [0.25, 0.3) is 16.8 Å². The highest BCUT2D eigenvalue weighted by atomic mass is 16.5. The van der Waals surface area contributed by atoms with E-state index in [2.05, 4.69) is 9.97 Å². The van der Waals surface area contributed by atoms with Gasteiger partial charge in [-0.1, -0.05) is 12.1 Å². The van der Waals surface area contributed by atoms with Gasteiger partial charge in [-0.15, -0.1) is 0 Å². The Morgan fingerprint density at radius 3 is 2.82 bits per heavy atom. The molecule has 6 rings (SSSR count). The minimum atomic E-state index is -1.03. The first-order valence-corrected chi connectivity index (χ1v) is 12.8. The van der Waals surface area contributed by atoms with E-state index < -0.39 is 17.7 Å². The van der Waals surface area contributed by atoms with Gasteiger partial charge in [-0.3, -0.25) is 14.5 Å². The number of carbonyl (C=O) groups is 2. The Morgan fingerprint density at radius 2 is 2.00 bits per heavy atom. The molecule has 3 aromatic carbocycles. The smallest absolute Gasteiger partial charge is 0.302 e. The molecule has 1 aromatic heterocycles. The van der Waals surface area contributed by atoms with Gasteiger partial charge in [-0.2, -0.15) is 0 Å². The molecule has 0 aliphatic carbocycles. The highest BCUT2D eigenvalue weighted by Gasteiger charge is 2.48. The predicted molar refractivity (Wildman–Crippen MR) is 145 cm³/mol. The number of H-pyrrole nitrogens is 1. The van der Waals surface area contributed by atoms with Crippen molar-refractivity contribution >= 4 is 34.4 Å². The van der Waals surface area contributed by atoms with Crippen molar-refractivity contribution in [3.63, 3.8) is 0 Å². The molecule has 0 spiro atoms. The molecule has 1 saturated heterocycles. The van der Waals surface area contributed by atoms with E-state index in [4.69, 9.17) is 9.47 Å². The number of rotatable bonds is 5. The third kappa shape index (κ3) is 4.16. The summed E-state index contributed by atoms with van der Waals surface area (Å²) in [5, 5.41) is 21.9. The summed E-state index contributed by atoms with van der Waals surface area (Å²) in [5.41, 5.74) is 4.06. The maximum Gasteiger partial charge on any atom is 0.302 e. The zero-order chi connectivity index (χ0) is 27.3. The first-order valence-electron chi connectivity index (χ1n) is 12.8. The number of hydrogen-bond donors (Lipinski definition) is 3. The number of carbonyl (C=O) groups excluding carboxylic acids is 2. The van der Waals surface area contributed by atoms with E-state index in [1.165, 1.54) is 11.0 Å². The molecule has 1 amide bonds. The van der Waals surface area contributed by atoms with Gasteiger partial charge in [0.05, 0.1) is 35.9 Å². The molecule has 9 heteroatoms. The summed E-state index contributed by atoms with van der Waals surface area (Å²) in [6.45, 7) is 4.66. The number of anilines is 1. The summed E-state index contributed by atoms with van der Waals surface area (Å²) < 4.78 is 11.3. The zero-order valence-electron chi connectivity index (χ0n) is 21.5. The lowest BCUT2D eigenvalue weighted by molar-refractivity contribution is -0.132. The summed E-state index contributed by atoms with van der Waals surface area (Å²) >= 11 is 0. The van der Waals surface area contributed by atoms with Crippen molar-refractivity contribution in [3.8, 4) is 17.2 Å². The monoisotopic (exact) mass is 525 g/mol. The average Bonchev–Trinajstić information content (AvgIpc) is 3.46. The van der Waals surface area contributed by atoms with Crippen LogP contribution < -0.4 is 14.4 Å². The summed E-state index contributed by atoms with van der Waals surface area (Å²) in [7, 11) is 0. The number of aromatic nitrogens is 2. The molecule has 198 valence electrons. The maximum atomic E-state index is 13.6. The number of Topliss-reactive ketones (excluding diaryl/α,β-unsaturated/α-hetero) is 1. The van der Waals surface area contributed by atoms with Crippen LogP contribution in [0.3, 0.4) is 0 Å². The van der Waals surface area contributed by atoms with Crippen LogP contribution in [0, 0.1) is 6.92 Å². The Hall–Kier alpha value is -4.79. The lowest BCUT2D eigenvalue weighted by atomic mass is 9.94. The van der Waals surface area contributed by atoms with E-state index in [0.717, 1.165) is 29.7 Å². The average molecular weight is 526 g/mol. The Morgan fingerprint density at radius 1 is 1.15 bits per heavy atom. The fraction of sp³-hybridized carbons (Fsp3) is 0.233. The lowest BCUT2D eigenvalue weighted by Gasteiger charge is -2.24. The quantitative estimate of drug-likeness (QED) is 0.192. The van der Waals surface area contributed by atoms with Crippen molar-refractivity contribution in [3.05, 3.63) is 82.4 Å². The predicted octanol–water partition coefficient (Wildman–Crippen LogP) is 4.93. The van der Waals surface area contributed by atoms with Crippen LogP contribution in [0.5, 0.6) is 17.2 Å². The number of aromatic hydroxyl groups is 1. The van der Waals surface area contributed by atoms with Crippen molar-refractivity contribution in [2.24, 2.45) is 0 Å². The molecule has 3 heterocycles. The minimum Gasteiger partial charge on any atom is -0.507 e. The number of benzene rings is 3. The van der Waals surface area contributed by atoms with Gasteiger partial charge in [0.1, 0.15) is 11.5 Å². The second-order valence-corrected chi connectivity index (χ2v) is 9.68. The van der Waals surface area contributed by atoms with E-state index in [1.807, 2.05) is 25.1 Å². The largest absolute Gasteiger partial charge is 0.507 e. The SMILES string of the molecule is CCOc1cc(C2/C(=C(\O)c3ccc4c(c3)CCCO4)C(=O)C(=O)N2c2nc3ccc(C)cc3[nH]2)ccc1O. The molecule has 0 radical (unpaired) electrons. The van der Waals surface area contributed by atoms with Crippen molar-refractivity contribution < 1.29 is 29.3 Å². The van der Waals surface area contributed by atoms with Crippen LogP contribution in [0.15, 0.2) is 60.2 Å². The van der Waals surface area contributed by atoms with Gasteiger partial charge in [0, 0.05) is 5.56 Å². The number of aryl methyl sites for hydroxylation is 2. The molecule has 1 fully saturated rings. The van der Waals surface area contributed by atoms with E-state index in [9.17, 15) is 19.8 Å². The van der Waals surface area contributed by atoms with Crippen LogP contribution in [-0.2, 0) is 16.0 Å². The second kappa shape index (κ2) is 9.50. The molecular formula is C30H27N3O6. The number of phenols is 1. The molecule has 0 bridgehead atoms. The lowest BCUT2D eigenvalue weighted by Crippen LogP contribution is -2.30. The number of ketones is 1. The van der Waals surface area contributed by atoms with Crippen LogP contribution in [0.4, 0.5) is 5.95 Å². The zero-order valence-corrected chi connectivity index (χ0v) is 21.5. The molecule has 3 N–H and O–H groups in total. The fourth-order valence-corrected chi connectivity index (χ4v) is 5.23. The number of phenolic OH excluding ortho intramolecular Hbond substituents is 1. The number of imidazole rings is 1. The Kier molecular flexibility index (Phi) is 5.98. The minimum absolute atomic E-state index is 0.0774. The Bertz CT molecular complexity index is 1670. The second-order valence-electron chi connectivity index (χ2n) is 9.68. The molecule has 2 aliphatic heterocycles. The van der Waals surface area contributed by atoms with E-state index in [1.54, 1.807) is 37.3 Å². The molecular weight excluding hydrogens is 498 g/mol. The normalized spacial score (nSPS) is 18.3. The van der Waals surface area contributed by atoms with E-state index in [-0.39, 0.29) is 28.8 Å². The molecule has 1 unspecified atom stereocenters. The van der Waals surface area contributed by atoms with E-state index in [0.29, 0.717) is 35.4 Å². The van der Waals surface area contributed by atoms with Crippen molar-refractivity contribution in [1.29, 1.82) is 0 Å². The number of fused-ring (bicyclic) bond motifs is 2. The molecule has 9 nitrogen and oxygen atoms in total. The molecule has 2 aliphatic rings. The van der Waals surface area contributed by atoms with E-state index >= 15 is 0 Å². The number of ether oxygens (including phenoxy) is 2. The van der Waals surface area contributed by atoms with Gasteiger partial charge >= 0.3 is 5.91 Å². The van der Waals surface area contributed by atoms with Crippen molar-refractivity contribution in [1.82, 2.24) is 9.97 Å². The molecule has 1 atom stereocenters. The Labute approximate surface area is 224 Å². The van der Waals surface area contributed by atoms with Gasteiger partial charge < -0.3 is 24.7 Å². The number of nitrogens with one attached hydrogen (secondary N) is 1. The summed E-state index contributed by atoms with van der Waals surface area (Å²) in [6, 6.07) is 14.5. The summed E-state index contributed by atoms with van der Waals surface area (Å²) in [6.07, 6.45) is 1.63. The maximum absolute atomic E-state index is 13.6. The topological polar surface area (TPSA) is 125 Å². The number of hydrogen-bond acceptors (Lipinski definition) is 7. The summed E-state index contributed by atoms with van der Waals surface area (Å²) in [4.78, 5) is 36.1. The first kappa shape index (κ1) is 24.5. The molecule has 0 saturated carbocycles. The first-order chi connectivity index (χ1) is 18.9. The number of aliphatic hydroxyl groups is 1. The third-order valence-corrected chi connectivity index (χ3v) is 7.08. The van der Waals surface area contributed by atoms with Crippen LogP contribution >= 0.6 is 0 Å². The summed E-state index contributed by atoms with van der Waals surface area (Å²) in [5.74, 6) is -0.928. The van der Waals surface area contributed by atoms with Crippen molar-refractivity contribution in [2.75, 3.05) is 18.1 Å². The van der Waals surface area contributed by atoms with Crippen LogP contribution in [0.2, 0.25) is 0 Å². The van der Waals surface area contributed by atoms with Crippen LogP contribution in [-0.4, -0.2) is 45.1 Å². The third-order valence-electron chi connectivity index (χ3n) is 7.08. The molecule has 4 aromatic rings. The van der Waals surface area contributed by atoms with Gasteiger partial charge in [0.2, 0.25) is 5.95 Å². The highest BCUT2D eigenvalue weighted by molar-refractivity contribution is 6.51. The number of nitrogens with zero attached hydrogens (tertiary/aromatic N) is 2. The fourth-order valence-electron chi connectivity index (χ4n) is 5.23. The number of aromatic amines is 1. The van der Waals surface area contributed by atoms with Crippen molar-refractivity contribution in [2.45, 2.75) is 32.7 Å². The van der Waals surface area contributed by atoms with Gasteiger partial charge in [0.25, 0.3) is 5.78 Å². The van der Waals surface area contributed by atoms with Gasteiger partial charge in [0.15, 0.2) is 11.5 Å². The van der Waals surface area contributed by atoms with Crippen LogP contribution in [0.1, 0.15) is 41.6 Å². The standard InChI is InChI=1S/C30H27N3O6/c1-3-38-24-15-18(7-10-22(24)34)26-25(27(35)19-8-11-23-17(14-19)5-4-12-39-23)28(36)29(37)33(26)30-31-20-9-6-16(2)13-21(20)32-30/h6-11,13-15,26,34-35H,3-5,12H2,1-2H3,(H,31,32)/b27-25+. The highest BCUT2D eigenvalue weighted by Crippen LogP contribution is 2.44. The number of aliphatic hydroxyl groups excluding tert-OH is 1. The number of amides is 1. The van der Waals surface area contributed by atoms with Gasteiger partial charge in [-0.05, 0) is 85.8 Å².